The molecule has 0 unspecified atom stereocenters. The Bertz CT molecular complexity index is 1350. The van der Waals surface area contributed by atoms with Crippen LogP contribution in [-0.2, 0) is 0 Å². The molecule has 0 radical (unpaired) electrons. The summed E-state index contributed by atoms with van der Waals surface area (Å²) in [5.74, 6) is -4.71. The smallest absolute Gasteiger partial charge is 0.255 e. The second kappa shape index (κ2) is 8.02. The number of anilines is 1. The molecule has 154 valence electrons. The van der Waals surface area contributed by atoms with Crippen LogP contribution in [0.2, 0.25) is 0 Å². The Morgan fingerprint density at radius 2 is 1.71 bits per heavy atom. The first-order chi connectivity index (χ1) is 14.8. The topological polar surface area (TPSA) is 59.1 Å². The van der Waals surface area contributed by atoms with E-state index in [1.807, 2.05) is 13.0 Å². The number of aromatic nitrogens is 1. The van der Waals surface area contributed by atoms with Crippen LogP contribution in [-0.4, -0.2) is 16.7 Å². The minimum absolute atomic E-state index is 0.00462. The Balaban J connectivity index is 1.69. The lowest BCUT2D eigenvalue weighted by Crippen LogP contribution is -2.14. The van der Waals surface area contributed by atoms with E-state index in [-0.39, 0.29) is 16.8 Å². The number of carbonyl (C=O) groups is 2. The van der Waals surface area contributed by atoms with Gasteiger partial charge in [0.1, 0.15) is 5.82 Å². The third-order valence-electron chi connectivity index (χ3n) is 4.70. The Hall–Kier alpha value is -4.00. The van der Waals surface area contributed by atoms with Gasteiger partial charge in [-0.25, -0.2) is 13.2 Å². The normalized spacial score (nSPS) is 10.8. The molecule has 0 saturated carbocycles. The summed E-state index contributed by atoms with van der Waals surface area (Å²) < 4.78 is 42.0. The number of carbonyl (C=O) groups excluding carboxylic acids is 2. The van der Waals surface area contributed by atoms with Gasteiger partial charge in [-0.15, -0.1) is 0 Å². The van der Waals surface area contributed by atoms with Crippen LogP contribution in [0.3, 0.4) is 0 Å². The first-order valence-electron chi connectivity index (χ1n) is 9.29. The van der Waals surface area contributed by atoms with Crippen LogP contribution in [0.25, 0.3) is 10.9 Å². The molecule has 4 nitrogen and oxygen atoms in total. The zero-order valence-electron chi connectivity index (χ0n) is 16.2. The molecule has 1 N–H and O–H groups in total. The van der Waals surface area contributed by atoms with Gasteiger partial charge in [0.2, 0.25) is 0 Å². The first kappa shape index (κ1) is 20.3. The van der Waals surface area contributed by atoms with Crippen LogP contribution in [0.4, 0.5) is 18.9 Å². The molecule has 0 aliphatic rings. The molecule has 31 heavy (non-hydrogen) atoms. The summed E-state index contributed by atoms with van der Waals surface area (Å²) in [7, 11) is 0. The highest BCUT2D eigenvalue weighted by Crippen LogP contribution is 2.24. The van der Waals surface area contributed by atoms with Gasteiger partial charge in [-0.3, -0.25) is 14.6 Å². The Labute approximate surface area is 175 Å². The number of nitrogens with zero attached hydrogens (tertiary/aromatic N) is 1. The van der Waals surface area contributed by atoms with Crippen LogP contribution in [0.1, 0.15) is 31.8 Å². The highest BCUT2D eigenvalue weighted by Gasteiger charge is 2.20. The van der Waals surface area contributed by atoms with Crippen molar-refractivity contribution in [2.24, 2.45) is 0 Å². The predicted molar refractivity (Wildman–Crippen MR) is 111 cm³/mol. The molecule has 1 amide bonds. The fourth-order valence-corrected chi connectivity index (χ4v) is 3.20. The fraction of sp³-hybridized carbons (Fsp3) is 0.0417. The van der Waals surface area contributed by atoms with Gasteiger partial charge in [0, 0.05) is 34.5 Å². The number of fused-ring (bicyclic) bond motifs is 1. The minimum atomic E-state index is -1.32. The van der Waals surface area contributed by atoms with E-state index in [9.17, 15) is 22.8 Å². The molecule has 0 fully saturated rings. The summed E-state index contributed by atoms with van der Waals surface area (Å²) in [6.45, 7) is 1.85. The summed E-state index contributed by atoms with van der Waals surface area (Å²) >= 11 is 0. The average molecular weight is 420 g/mol. The number of amides is 1. The van der Waals surface area contributed by atoms with Crippen LogP contribution < -0.4 is 5.32 Å². The van der Waals surface area contributed by atoms with E-state index in [1.54, 1.807) is 18.3 Å². The third kappa shape index (κ3) is 4.16. The van der Waals surface area contributed by atoms with E-state index < -0.39 is 34.7 Å². The molecular formula is C24H15F3N2O2. The number of halogens is 3. The summed E-state index contributed by atoms with van der Waals surface area (Å²) in [5, 5.41) is 3.05. The van der Waals surface area contributed by atoms with Gasteiger partial charge < -0.3 is 5.32 Å². The predicted octanol–water partition coefficient (Wildman–Crippen LogP) is 5.44. The summed E-state index contributed by atoms with van der Waals surface area (Å²) in [6, 6.07) is 13.2. The molecular weight excluding hydrogens is 405 g/mol. The third-order valence-corrected chi connectivity index (χ3v) is 4.70. The lowest BCUT2D eigenvalue weighted by Gasteiger charge is -2.10. The van der Waals surface area contributed by atoms with Gasteiger partial charge in [-0.2, -0.15) is 0 Å². The number of nitrogens with one attached hydrogen (secondary N) is 1. The van der Waals surface area contributed by atoms with E-state index in [2.05, 4.69) is 10.3 Å². The van der Waals surface area contributed by atoms with Crippen LogP contribution in [0.15, 0.2) is 66.9 Å². The average Bonchev–Trinajstić information content (AvgIpc) is 2.75. The van der Waals surface area contributed by atoms with Crippen molar-refractivity contribution in [2.45, 2.75) is 6.92 Å². The second-order valence-electron chi connectivity index (χ2n) is 7.03. The molecule has 3 aromatic carbocycles. The van der Waals surface area contributed by atoms with Crippen molar-refractivity contribution in [1.29, 1.82) is 0 Å². The maximum atomic E-state index is 14.4. The lowest BCUT2D eigenvalue weighted by molar-refractivity contribution is 0.101. The van der Waals surface area contributed by atoms with Crippen molar-refractivity contribution in [2.75, 3.05) is 5.32 Å². The highest BCUT2D eigenvalue weighted by atomic mass is 19.2. The standard InChI is InChI=1S/C24H15F3N2O2/c1-13-7-16-8-14(5-6-21(16)28-12-13)23(30)19-10-18(11-20(26)22(19)27)29-24(31)15-3-2-4-17(25)9-15/h2-12H,1H3,(H,29,31). The number of hydrogen-bond acceptors (Lipinski definition) is 3. The van der Waals surface area contributed by atoms with Gasteiger partial charge >= 0.3 is 0 Å². The van der Waals surface area contributed by atoms with Crippen molar-refractivity contribution in [3.63, 3.8) is 0 Å². The minimum Gasteiger partial charge on any atom is -0.322 e. The zero-order valence-corrected chi connectivity index (χ0v) is 16.2. The lowest BCUT2D eigenvalue weighted by atomic mass is 10.00. The number of aryl methyl sites for hydroxylation is 1. The molecule has 1 aromatic heterocycles. The molecule has 0 saturated heterocycles. The van der Waals surface area contributed by atoms with Gasteiger partial charge in [-0.05, 0) is 61.0 Å². The SMILES string of the molecule is Cc1cnc2ccc(C(=O)c3cc(NC(=O)c4cccc(F)c4)cc(F)c3F)cc2c1. The van der Waals surface area contributed by atoms with E-state index in [4.69, 9.17) is 0 Å². The number of ketones is 1. The van der Waals surface area contributed by atoms with Crippen LogP contribution >= 0.6 is 0 Å². The Kier molecular flexibility index (Phi) is 5.25. The fourth-order valence-electron chi connectivity index (χ4n) is 3.20. The summed E-state index contributed by atoms with van der Waals surface area (Å²) in [5.41, 5.74) is 1.02. The maximum Gasteiger partial charge on any atom is 0.255 e. The van der Waals surface area contributed by atoms with E-state index in [0.29, 0.717) is 10.9 Å². The molecule has 0 aliphatic heterocycles. The van der Waals surface area contributed by atoms with Crippen molar-refractivity contribution < 1.29 is 22.8 Å². The second-order valence-corrected chi connectivity index (χ2v) is 7.03. The van der Waals surface area contributed by atoms with Crippen molar-refractivity contribution >= 4 is 28.3 Å². The Morgan fingerprint density at radius 1 is 0.903 bits per heavy atom. The monoisotopic (exact) mass is 420 g/mol. The van der Waals surface area contributed by atoms with Gasteiger partial charge in [0.05, 0.1) is 11.1 Å². The maximum absolute atomic E-state index is 14.4. The Morgan fingerprint density at radius 3 is 2.48 bits per heavy atom. The number of hydrogen-bond donors (Lipinski definition) is 1. The van der Waals surface area contributed by atoms with E-state index >= 15 is 0 Å². The number of benzene rings is 3. The molecule has 0 bridgehead atoms. The van der Waals surface area contributed by atoms with E-state index in [1.165, 1.54) is 24.3 Å². The van der Waals surface area contributed by atoms with Crippen molar-refractivity contribution in [1.82, 2.24) is 4.98 Å². The van der Waals surface area contributed by atoms with Gasteiger partial charge in [0.25, 0.3) is 5.91 Å². The summed E-state index contributed by atoms with van der Waals surface area (Å²) in [6.07, 6.45) is 1.68. The quantitative estimate of drug-likeness (QED) is 0.447. The zero-order chi connectivity index (χ0) is 22.1. The molecule has 1 heterocycles. The molecule has 4 rings (SSSR count). The largest absolute Gasteiger partial charge is 0.322 e. The molecule has 0 aliphatic carbocycles. The number of pyridine rings is 1. The highest BCUT2D eigenvalue weighted by molar-refractivity contribution is 6.12. The van der Waals surface area contributed by atoms with Gasteiger partial charge in [0.15, 0.2) is 17.4 Å². The van der Waals surface area contributed by atoms with Crippen LogP contribution in [0, 0.1) is 24.4 Å². The van der Waals surface area contributed by atoms with Crippen molar-refractivity contribution in [3.05, 3.63) is 107 Å². The molecule has 7 heteroatoms. The van der Waals surface area contributed by atoms with E-state index in [0.717, 1.165) is 23.8 Å². The first-order valence-corrected chi connectivity index (χ1v) is 9.29. The molecule has 4 aromatic rings. The number of rotatable bonds is 4. The van der Waals surface area contributed by atoms with Crippen molar-refractivity contribution in [3.8, 4) is 0 Å². The van der Waals surface area contributed by atoms with Gasteiger partial charge in [-0.1, -0.05) is 6.07 Å². The molecule has 0 atom stereocenters. The summed E-state index contributed by atoms with van der Waals surface area (Å²) in [4.78, 5) is 29.5. The molecule has 0 spiro atoms. The van der Waals surface area contributed by atoms with Crippen LogP contribution in [0.5, 0.6) is 0 Å².